The number of hydrogen-bond acceptors (Lipinski definition) is 7. The zero-order valence-electron chi connectivity index (χ0n) is 18.8. The minimum absolute atomic E-state index is 0.269. The summed E-state index contributed by atoms with van der Waals surface area (Å²) in [6.07, 6.45) is 5.93. The molecule has 0 unspecified atom stereocenters. The number of nitrogens with one attached hydrogen (secondary N) is 1. The van der Waals surface area contributed by atoms with E-state index in [0.29, 0.717) is 22.9 Å². The van der Waals surface area contributed by atoms with Crippen molar-refractivity contribution in [2.24, 2.45) is 7.05 Å². The number of carbonyl (C=O) groups is 1. The van der Waals surface area contributed by atoms with Crippen molar-refractivity contribution in [3.05, 3.63) is 86.0 Å². The lowest BCUT2D eigenvalue weighted by molar-refractivity contribution is -0.111. The van der Waals surface area contributed by atoms with Crippen molar-refractivity contribution >= 4 is 28.4 Å². The van der Waals surface area contributed by atoms with Crippen LogP contribution in [0.5, 0.6) is 11.8 Å². The Hall–Kier alpha value is -5.05. The van der Waals surface area contributed by atoms with Gasteiger partial charge in [-0.05, 0) is 47.5 Å². The zero-order chi connectivity index (χ0) is 24.4. The van der Waals surface area contributed by atoms with E-state index < -0.39 is 0 Å². The summed E-state index contributed by atoms with van der Waals surface area (Å²) < 4.78 is 7.72. The predicted molar refractivity (Wildman–Crippen MR) is 135 cm³/mol. The van der Waals surface area contributed by atoms with Gasteiger partial charge in [0.15, 0.2) is 0 Å². The molecule has 0 saturated heterocycles. The van der Waals surface area contributed by atoms with Gasteiger partial charge >= 0.3 is 6.01 Å². The fourth-order valence-electron chi connectivity index (χ4n) is 3.93. The van der Waals surface area contributed by atoms with Crippen LogP contribution in [0.4, 0.5) is 11.5 Å². The van der Waals surface area contributed by atoms with Crippen LogP contribution in [0.2, 0.25) is 0 Å². The van der Waals surface area contributed by atoms with E-state index in [4.69, 9.17) is 10.5 Å². The topological polar surface area (TPSA) is 121 Å². The van der Waals surface area contributed by atoms with Crippen LogP contribution in [0, 0.1) is 0 Å². The molecular formula is C26H21N7O2. The standard InChI is InChI=1S/C26H21N7O2/c1-3-20(34)32-18-9-5-17(6-10-18)23-21(22-24(27)30-15-31-25(22)33(23)2)16-7-11-19(12-8-16)35-26-28-13-4-14-29-26/h3-15H,1H2,2H3,(H,32,34)(H2,27,30,31). The molecule has 0 fully saturated rings. The third-order valence-electron chi connectivity index (χ3n) is 5.50. The quantitative estimate of drug-likeness (QED) is 0.353. The summed E-state index contributed by atoms with van der Waals surface area (Å²) in [7, 11) is 1.94. The van der Waals surface area contributed by atoms with Gasteiger partial charge in [0.2, 0.25) is 5.91 Å². The minimum Gasteiger partial charge on any atom is -0.424 e. The van der Waals surface area contributed by atoms with E-state index in [1.54, 1.807) is 18.5 Å². The molecule has 3 aromatic heterocycles. The molecule has 0 aliphatic rings. The van der Waals surface area contributed by atoms with Crippen molar-refractivity contribution in [1.82, 2.24) is 24.5 Å². The number of aromatic nitrogens is 5. The van der Waals surface area contributed by atoms with E-state index in [-0.39, 0.29) is 11.9 Å². The van der Waals surface area contributed by atoms with Crippen LogP contribution in [0.3, 0.4) is 0 Å². The second-order valence-corrected chi connectivity index (χ2v) is 7.67. The lowest BCUT2D eigenvalue weighted by Crippen LogP contribution is -2.06. The molecule has 2 aromatic carbocycles. The van der Waals surface area contributed by atoms with E-state index in [2.05, 4.69) is 31.8 Å². The lowest BCUT2D eigenvalue weighted by atomic mass is 9.98. The normalized spacial score (nSPS) is 10.8. The number of anilines is 2. The fraction of sp³-hybridized carbons (Fsp3) is 0.0385. The summed E-state index contributed by atoms with van der Waals surface area (Å²) in [6, 6.07) is 17.1. The Morgan fingerprint density at radius 1 is 1.00 bits per heavy atom. The second kappa shape index (κ2) is 9.06. The van der Waals surface area contributed by atoms with Gasteiger partial charge in [-0.2, -0.15) is 0 Å². The monoisotopic (exact) mass is 463 g/mol. The van der Waals surface area contributed by atoms with E-state index in [1.165, 1.54) is 12.4 Å². The second-order valence-electron chi connectivity index (χ2n) is 7.67. The predicted octanol–water partition coefficient (Wildman–Crippen LogP) is 4.59. The molecule has 9 nitrogen and oxygen atoms in total. The third-order valence-corrected chi connectivity index (χ3v) is 5.50. The number of rotatable bonds is 6. The molecular weight excluding hydrogens is 442 g/mol. The summed E-state index contributed by atoms with van der Waals surface area (Å²) in [5.41, 5.74) is 11.3. The van der Waals surface area contributed by atoms with E-state index in [9.17, 15) is 4.79 Å². The Morgan fingerprint density at radius 3 is 2.37 bits per heavy atom. The van der Waals surface area contributed by atoms with Crippen molar-refractivity contribution in [3.8, 4) is 34.1 Å². The Labute approximate surface area is 201 Å². The van der Waals surface area contributed by atoms with Crippen LogP contribution < -0.4 is 15.8 Å². The van der Waals surface area contributed by atoms with Crippen molar-refractivity contribution in [3.63, 3.8) is 0 Å². The third kappa shape index (κ3) is 4.18. The van der Waals surface area contributed by atoms with Gasteiger partial charge in [-0.1, -0.05) is 30.8 Å². The first-order chi connectivity index (χ1) is 17.0. The van der Waals surface area contributed by atoms with Gasteiger partial charge in [0, 0.05) is 30.7 Å². The van der Waals surface area contributed by atoms with Crippen molar-refractivity contribution in [2.75, 3.05) is 11.1 Å². The van der Waals surface area contributed by atoms with E-state index >= 15 is 0 Å². The number of ether oxygens (including phenoxy) is 1. The SMILES string of the molecule is C=CC(=O)Nc1ccc(-c2c(-c3ccc(Oc4ncccn4)cc3)c3c(N)ncnc3n2C)cc1. The smallest absolute Gasteiger partial charge is 0.321 e. The highest BCUT2D eigenvalue weighted by Gasteiger charge is 2.22. The van der Waals surface area contributed by atoms with Crippen LogP contribution in [-0.4, -0.2) is 30.4 Å². The van der Waals surface area contributed by atoms with Gasteiger partial charge in [-0.15, -0.1) is 0 Å². The first kappa shape index (κ1) is 21.8. The van der Waals surface area contributed by atoms with Crippen molar-refractivity contribution in [1.29, 1.82) is 0 Å². The molecule has 5 aromatic rings. The molecule has 172 valence electrons. The molecule has 5 rings (SSSR count). The summed E-state index contributed by atoms with van der Waals surface area (Å²) in [5.74, 6) is 0.724. The van der Waals surface area contributed by atoms with Gasteiger partial charge in [-0.3, -0.25) is 4.79 Å². The van der Waals surface area contributed by atoms with Gasteiger partial charge in [0.05, 0.1) is 11.1 Å². The molecule has 0 saturated carbocycles. The highest BCUT2D eigenvalue weighted by atomic mass is 16.5. The van der Waals surface area contributed by atoms with Crippen molar-refractivity contribution in [2.45, 2.75) is 0 Å². The summed E-state index contributed by atoms with van der Waals surface area (Å²) >= 11 is 0. The number of fused-ring (bicyclic) bond motifs is 1. The zero-order valence-corrected chi connectivity index (χ0v) is 18.8. The highest BCUT2D eigenvalue weighted by molar-refractivity contribution is 6.08. The Balaban J connectivity index is 1.60. The van der Waals surface area contributed by atoms with Crippen LogP contribution >= 0.6 is 0 Å². The van der Waals surface area contributed by atoms with Crippen LogP contribution in [0.15, 0.2) is 86.0 Å². The van der Waals surface area contributed by atoms with Gasteiger partial charge in [0.1, 0.15) is 23.5 Å². The molecule has 3 N–H and O–H groups in total. The number of nitrogen functional groups attached to an aromatic ring is 1. The number of aryl methyl sites for hydroxylation is 1. The lowest BCUT2D eigenvalue weighted by Gasteiger charge is -2.11. The molecule has 35 heavy (non-hydrogen) atoms. The molecule has 0 radical (unpaired) electrons. The van der Waals surface area contributed by atoms with Gasteiger partial charge < -0.3 is 20.4 Å². The summed E-state index contributed by atoms with van der Waals surface area (Å²) in [4.78, 5) is 28.5. The molecule has 0 aliphatic heterocycles. The number of nitrogens with zero attached hydrogens (tertiary/aromatic N) is 5. The largest absolute Gasteiger partial charge is 0.424 e. The Bertz CT molecular complexity index is 1530. The molecule has 3 heterocycles. The number of benzene rings is 2. The van der Waals surface area contributed by atoms with Crippen LogP contribution in [0.25, 0.3) is 33.4 Å². The Morgan fingerprint density at radius 2 is 1.69 bits per heavy atom. The average Bonchev–Trinajstić information content (AvgIpc) is 3.19. The van der Waals surface area contributed by atoms with E-state index in [0.717, 1.165) is 27.8 Å². The molecule has 0 bridgehead atoms. The molecule has 1 amide bonds. The summed E-state index contributed by atoms with van der Waals surface area (Å²) in [5, 5.41) is 3.52. The number of hydrogen-bond donors (Lipinski definition) is 2. The Kier molecular flexibility index (Phi) is 5.64. The number of carbonyl (C=O) groups excluding carboxylic acids is 1. The number of nitrogens with two attached hydrogens (primary N) is 1. The number of amides is 1. The van der Waals surface area contributed by atoms with Crippen LogP contribution in [0.1, 0.15) is 0 Å². The first-order valence-corrected chi connectivity index (χ1v) is 10.7. The van der Waals surface area contributed by atoms with Crippen molar-refractivity contribution < 1.29 is 9.53 Å². The first-order valence-electron chi connectivity index (χ1n) is 10.7. The average molecular weight is 464 g/mol. The minimum atomic E-state index is -0.269. The maximum absolute atomic E-state index is 11.6. The maximum atomic E-state index is 11.6. The molecule has 0 atom stereocenters. The van der Waals surface area contributed by atoms with Gasteiger partial charge in [0.25, 0.3) is 0 Å². The maximum Gasteiger partial charge on any atom is 0.321 e. The van der Waals surface area contributed by atoms with Crippen LogP contribution in [-0.2, 0) is 11.8 Å². The molecule has 0 spiro atoms. The summed E-state index contributed by atoms with van der Waals surface area (Å²) in [6.45, 7) is 3.48. The fourth-order valence-corrected chi connectivity index (χ4v) is 3.93. The highest BCUT2D eigenvalue weighted by Crippen LogP contribution is 2.42. The van der Waals surface area contributed by atoms with E-state index in [1.807, 2.05) is 60.1 Å². The molecule has 9 heteroatoms. The van der Waals surface area contributed by atoms with Gasteiger partial charge in [-0.25, -0.2) is 19.9 Å². The molecule has 0 aliphatic carbocycles.